The van der Waals surface area contributed by atoms with E-state index in [0.717, 1.165) is 19.3 Å². The molecule has 6 heteroatoms. The Bertz CT molecular complexity index is 580. The fourth-order valence-corrected chi connectivity index (χ4v) is 2.64. The highest BCUT2D eigenvalue weighted by atomic mass is 16.3. The second-order valence-electron chi connectivity index (χ2n) is 5.45. The molecule has 1 heterocycles. The highest BCUT2D eigenvalue weighted by molar-refractivity contribution is 5.95. The average molecular weight is 279 g/mol. The van der Waals surface area contributed by atoms with E-state index in [1.165, 1.54) is 11.7 Å². The van der Waals surface area contributed by atoms with Gasteiger partial charge in [-0.25, -0.2) is 4.68 Å². The van der Waals surface area contributed by atoms with Crippen molar-refractivity contribution in [2.75, 3.05) is 0 Å². The topological polar surface area (TPSA) is 84.2 Å². The number of carbonyl (C=O) groups is 1. The number of aryl methyl sites for hydroxylation is 2. The van der Waals surface area contributed by atoms with Crippen molar-refractivity contribution < 1.29 is 9.90 Å². The van der Waals surface area contributed by atoms with E-state index in [-0.39, 0.29) is 11.6 Å². The van der Waals surface area contributed by atoms with E-state index in [0.29, 0.717) is 17.7 Å². The number of hydrogen-bond donors (Lipinski definition) is 2. The fraction of sp³-hybridized carbons (Fsp3) is 0.643. The minimum absolute atomic E-state index is 0.123. The molecule has 110 valence electrons. The van der Waals surface area contributed by atoms with Crippen molar-refractivity contribution in [1.29, 1.82) is 0 Å². The lowest BCUT2D eigenvalue weighted by Crippen LogP contribution is -2.47. The summed E-state index contributed by atoms with van der Waals surface area (Å²) in [4.78, 5) is 24.4. The molecular weight excluding hydrogens is 258 g/mol. The Labute approximate surface area is 117 Å². The molecule has 0 spiro atoms. The number of amides is 1. The Balaban J connectivity index is 2.28. The first kappa shape index (κ1) is 14.7. The fourth-order valence-electron chi connectivity index (χ4n) is 2.64. The van der Waals surface area contributed by atoms with Crippen LogP contribution in [-0.2, 0) is 7.05 Å². The predicted octanol–water partition coefficient (Wildman–Crippen LogP) is 0.430. The predicted molar refractivity (Wildman–Crippen MR) is 74.7 cm³/mol. The van der Waals surface area contributed by atoms with Gasteiger partial charge in [0.05, 0.1) is 17.8 Å². The van der Waals surface area contributed by atoms with Gasteiger partial charge in [0.2, 0.25) is 0 Å². The maximum atomic E-state index is 12.3. The minimum Gasteiger partial charge on any atom is -0.391 e. The number of rotatable bonds is 2. The lowest BCUT2D eigenvalue weighted by molar-refractivity contribution is 0.0715. The molecule has 20 heavy (non-hydrogen) atoms. The van der Waals surface area contributed by atoms with Crippen molar-refractivity contribution >= 4 is 5.91 Å². The number of aromatic nitrogens is 2. The molecule has 1 aromatic heterocycles. The minimum atomic E-state index is -0.528. The molecule has 1 amide bonds. The van der Waals surface area contributed by atoms with Crippen LogP contribution in [0.2, 0.25) is 0 Å². The summed E-state index contributed by atoms with van der Waals surface area (Å²) < 4.78 is 1.18. The third-order valence-corrected chi connectivity index (χ3v) is 4.00. The van der Waals surface area contributed by atoms with Crippen molar-refractivity contribution in [2.45, 2.75) is 51.7 Å². The zero-order valence-corrected chi connectivity index (χ0v) is 12.1. The van der Waals surface area contributed by atoms with Gasteiger partial charge in [0, 0.05) is 7.05 Å². The van der Waals surface area contributed by atoms with Crippen LogP contribution < -0.4 is 10.9 Å². The quantitative estimate of drug-likeness (QED) is 0.822. The second kappa shape index (κ2) is 5.75. The van der Waals surface area contributed by atoms with E-state index in [9.17, 15) is 14.7 Å². The Morgan fingerprint density at radius 1 is 1.35 bits per heavy atom. The van der Waals surface area contributed by atoms with Gasteiger partial charge in [-0.2, -0.15) is 5.10 Å². The Kier molecular flexibility index (Phi) is 4.23. The van der Waals surface area contributed by atoms with E-state index >= 15 is 0 Å². The van der Waals surface area contributed by atoms with Crippen LogP contribution in [-0.4, -0.2) is 32.9 Å². The number of carbonyl (C=O) groups excluding carboxylic acids is 1. The summed E-state index contributed by atoms with van der Waals surface area (Å²) in [6, 6.07) is -0.270. The van der Waals surface area contributed by atoms with Gasteiger partial charge in [-0.05, 0) is 32.3 Å². The average Bonchev–Trinajstić information content (AvgIpc) is 2.39. The summed E-state index contributed by atoms with van der Waals surface area (Å²) in [5.74, 6) is -0.417. The van der Waals surface area contributed by atoms with E-state index < -0.39 is 17.6 Å². The monoisotopic (exact) mass is 279 g/mol. The number of aliphatic hydroxyl groups is 1. The molecule has 0 aliphatic heterocycles. The molecule has 1 aliphatic rings. The molecule has 1 fully saturated rings. The van der Waals surface area contributed by atoms with Gasteiger partial charge in [0.25, 0.3) is 11.5 Å². The van der Waals surface area contributed by atoms with Crippen molar-refractivity contribution in [2.24, 2.45) is 7.05 Å². The molecule has 1 aliphatic carbocycles. The molecule has 1 aromatic rings. The largest absolute Gasteiger partial charge is 0.391 e. The standard InChI is InChI=1S/C14H21N3O3/c1-8-9(2)16-17(3)14(20)12(8)13(19)15-10-6-4-5-7-11(10)18/h10-11,18H,4-7H2,1-3H3,(H,15,19)/t10-,11-/m0/s1. The molecule has 2 rings (SSSR count). The number of hydrogen-bond acceptors (Lipinski definition) is 4. The van der Waals surface area contributed by atoms with Gasteiger partial charge >= 0.3 is 0 Å². The Hall–Kier alpha value is -1.69. The van der Waals surface area contributed by atoms with Crippen LogP contribution in [0.25, 0.3) is 0 Å². The zero-order valence-electron chi connectivity index (χ0n) is 12.1. The molecular formula is C14H21N3O3. The first-order valence-corrected chi connectivity index (χ1v) is 6.95. The van der Waals surface area contributed by atoms with Gasteiger partial charge in [0.15, 0.2) is 0 Å². The first-order chi connectivity index (χ1) is 9.41. The number of aliphatic hydroxyl groups excluding tert-OH is 1. The third-order valence-electron chi connectivity index (χ3n) is 4.00. The van der Waals surface area contributed by atoms with Gasteiger partial charge in [0.1, 0.15) is 5.56 Å². The maximum Gasteiger partial charge on any atom is 0.279 e. The molecule has 0 aromatic carbocycles. The van der Waals surface area contributed by atoms with Crippen LogP contribution in [0.5, 0.6) is 0 Å². The van der Waals surface area contributed by atoms with Crippen molar-refractivity contribution in [3.63, 3.8) is 0 Å². The second-order valence-corrected chi connectivity index (χ2v) is 5.45. The molecule has 0 saturated heterocycles. The van der Waals surface area contributed by atoms with Gasteiger partial charge in [-0.3, -0.25) is 9.59 Å². The Morgan fingerprint density at radius 2 is 2.00 bits per heavy atom. The lowest BCUT2D eigenvalue weighted by atomic mass is 9.92. The lowest BCUT2D eigenvalue weighted by Gasteiger charge is -2.28. The number of nitrogens with one attached hydrogen (secondary N) is 1. The van der Waals surface area contributed by atoms with Crippen molar-refractivity contribution in [3.05, 3.63) is 27.2 Å². The maximum absolute atomic E-state index is 12.3. The van der Waals surface area contributed by atoms with E-state index in [4.69, 9.17) is 0 Å². The van der Waals surface area contributed by atoms with E-state index in [1.54, 1.807) is 13.8 Å². The van der Waals surface area contributed by atoms with Crippen LogP contribution >= 0.6 is 0 Å². The van der Waals surface area contributed by atoms with Crippen LogP contribution in [0.4, 0.5) is 0 Å². The molecule has 1 saturated carbocycles. The highest BCUT2D eigenvalue weighted by Gasteiger charge is 2.27. The van der Waals surface area contributed by atoms with E-state index in [2.05, 4.69) is 10.4 Å². The third kappa shape index (κ3) is 2.75. The molecule has 0 bridgehead atoms. The van der Waals surface area contributed by atoms with Crippen LogP contribution in [0.3, 0.4) is 0 Å². The summed E-state index contributed by atoms with van der Waals surface area (Å²) in [7, 11) is 1.53. The molecule has 0 radical (unpaired) electrons. The van der Waals surface area contributed by atoms with Crippen LogP contribution in [0, 0.1) is 13.8 Å². The molecule has 0 unspecified atom stereocenters. The molecule has 2 atom stereocenters. The van der Waals surface area contributed by atoms with Crippen LogP contribution in [0.15, 0.2) is 4.79 Å². The summed E-state index contributed by atoms with van der Waals surface area (Å²) in [6.07, 6.45) is 2.87. The first-order valence-electron chi connectivity index (χ1n) is 6.95. The highest BCUT2D eigenvalue weighted by Crippen LogP contribution is 2.19. The normalized spacial score (nSPS) is 22.6. The van der Waals surface area contributed by atoms with Gasteiger partial charge in [-0.1, -0.05) is 12.8 Å². The SMILES string of the molecule is Cc1nn(C)c(=O)c(C(=O)N[C@H]2CCCC[C@@H]2O)c1C. The van der Waals surface area contributed by atoms with Crippen molar-refractivity contribution in [3.8, 4) is 0 Å². The summed E-state index contributed by atoms with van der Waals surface area (Å²) in [5.41, 5.74) is 0.964. The Morgan fingerprint density at radius 3 is 2.65 bits per heavy atom. The van der Waals surface area contributed by atoms with E-state index in [1.807, 2.05) is 0 Å². The smallest absolute Gasteiger partial charge is 0.279 e. The number of nitrogens with zero attached hydrogens (tertiary/aromatic N) is 2. The molecule has 2 N–H and O–H groups in total. The van der Waals surface area contributed by atoms with Crippen LogP contribution in [0.1, 0.15) is 47.3 Å². The summed E-state index contributed by atoms with van der Waals surface area (Å²) in [6.45, 7) is 3.48. The van der Waals surface area contributed by atoms with Gasteiger partial charge in [-0.15, -0.1) is 0 Å². The summed E-state index contributed by atoms with van der Waals surface area (Å²) >= 11 is 0. The molecule has 6 nitrogen and oxygen atoms in total. The van der Waals surface area contributed by atoms with Gasteiger partial charge < -0.3 is 10.4 Å². The summed E-state index contributed by atoms with van der Waals surface area (Å²) in [5, 5.41) is 16.7. The zero-order chi connectivity index (χ0) is 14.9. The van der Waals surface area contributed by atoms with Crippen molar-refractivity contribution in [1.82, 2.24) is 15.1 Å².